The SMILES string of the molecule is COc1cccc(/N=C/c2ccc(C)cc2)c1. The van der Waals surface area contributed by atoms with Crippen molar-refractivity contribution in [2.75, 3.05) is 7.11 Å². The number of methoxy groups -OCH3 is 1. The Morgan fingerprint density at radius 3 is 2.53 bits per heavy atom. The molecule has 0 saturated heterocycles. The predicted molar refractivity (Wildman–Crippen MR) is 71.4 cm³/mol. The van der Waals surface area contributed by atoms with Gasteiger partial charge < -0.3 is 4.74 Å². The molecule has 0 aliphatic rings. The number of hydrogen-bond donors (Lipinski definition) is 0. The molecule has 0 aliphatic carbocycles. The third kappa shape index (κ3) is 3.18. The maximum atomic E-state index is 5.15. The molecule has 0 atom stereocenters. The van der Waals surface area contributed by atoms with E-state index in [2.05, 4.69) is 36.2 Å². The van der Waals surface area contributed by atoms with Crippen molar-refractivity contribution in [2.24, 2.45) is 4.99 Å². The minimum Gasteiger partial charge on any atom is -0.497 e. The van der Waals surface area contributed by atoms with Crippen molar-refractivity contribution in [1.82, 2.24) is 0 Å². The summed E-state index contributed by atoms with van der Waals surface area (Å²) in [6.07, 6.45) is 1.86. The average molecular weight is 225 g/mol. The number of rotatable bonds is 3. The lowest BCUT2D eigenvalue weighted by atomic mass is 10.2. The summed E-state index contributed by atoms with van der Waals surface area (Å²) in [4.78, 5) is 4.41. The van der Waals surface area contributed by atoms with Crippen molar-refractivity contribution in [1.29, 1.82) is 0 Å². The van der Waals surface area contributed by atoms with Crippen molar-refractivity contribution >= 4 is 11.9 Å². The highest BCUT2D eigenvalue weighted by atomic mass is 16.5. The minimum absolute atomic E-state index is 0.823. The Labute approximate surface area is 102 Å². The summed E-state index contributed by atoms with van der Waals surface area (Å²) in [5, 5.41) is 0. The highest BCUT2D eigenvalue weighted by Crippen LogP contribution is 2.19. The van der Waals surface area contributed by atoms with Crippen molar-refractivity contribution in [3.63, 3.8) is 0 Å². The van der Waals surface area contributed by atoms with Gasteiger partial charge in [-0.15, -0.1) is 0 Å². The van der Waals surface area contributed by atoms with Gasteiger partial charge in [-0.25, -0.2) is 0 Å². The van der Waals surface area contributed by atoms with E-state index in [0.717, 1.165) is 17.0 Å². The zero-order chi connectivity index (χ0) is 12.1. The molecular formula is C15H15NO. The molecule has 2 heteroatoms. The van der Waals surface area contributed by atoms with Crippen molar-refractivity contribution in [3.05, 3.63) is 59.7 Å². The second kappa shape index (κ2) is 5.30. The molecule has 0 N–H and O–H groups in total. The topological polar surface area (TPSA) is 21.6 Å². The molecule has 2 aromatic rings. The fourth-order valence-electron chi connectivity index (χ4n) is 1.49. The van der Waals surface area contributed by atoms with E-state index in [9.17, 15) is 0 Å². The van der Waals surface area contributed by atoms with Crippen LogP contribution in [0.4, 0.5) is 5.69 Å². The normalized spacial score (nSPS) is 10.7. The summed E-state index contributed by atoms with van der Waals surface area (Å²) in [6, 6.07) is 16.0. The van der Waals surface area contributed by atoms with Gasteiger partial charge in [-0.2, -0.15) is 0 Å². The van der Waals surface area contributed by atoms with Crippen molar-refractivity contribution < 1.29 is 4.74 Å². The van der Waals surface area contributed by atoms with Crippen molar-refractivity contribution in [3.8, 4) is 5.75 Å². The largest absolute Gasteiger partial charge is 0.497 e. The number of ether oxygens (including phenoxy) is 1. The van der Waals surface area contributed by atoms with Crippen LogP contribution in [0.2, 0.25) is 0 Å². The first-order valence-electron chi connectivity index (χ1n) is 5.53. The molecule has 0 amide bonds. The van der Waals surface area contributed by atoms with Gasteiger partial charge in [0.2, 0.25) is 0 Å². The molecule has 0 radical (unpaired) electrons. The van der Waals surface area contributed by atoms with Gasteiger partial charge in [0.25, 0.3) is 0 Å². The second-order valence-corrected chi connectivity index (χ2v) is 3.87. The van der Waals surface area contributed by atoms with Crippen LogP contribution < -0.4 is 4.74 Å². The monoisotopic (exact) mass is 225 g/mol. The number of nitrogens with zero attached hydrogens (tertiary/aromatic N) is 1. The fraction of sp³-hybridized carbons (Fsp3) is 0.133. The van der Waals surface area contributed by atoms with E-state index in [1.807, 2.05) is 30.5 Å². The quantitative estimate of drug-likeness (QED) is 0.729. The lowest BCUT2D eigenvalue weighted by Gasteiger charge is -1.99. The second-order valence-electron chi connectivity index (χ2n) is 3.87. The van der Waals surface area contributed by atoms with E-state index in [1.165, 1.54) is 5.56 Å². The van der Waals surface area contributed by atoms with E-state index >= 15 is 0 Å². The molecular weight excluding hydrogens is 210 g/mol. The zero-order valence-electron chi connectivity index (χ0n) is 10.1. The van der Waals surface area contributed by atoms with Gasteiger partial charge in [0.15, 0.2) is 0 Å². The smallest absolute Gasteiger partial charge is 0.121 e. The zero-order valence-corrected chi connectivity index (χ0v) is 10.1. The minimum atomic E-state index is 0.823. The van der Waals surface area contributed by atoms with Crippen LogP contribution >= 0.6 is 0 Å². The van der Waals surface area contributed by atoms with E-state index in [4.69, 9.17) is 4.74 Å². The van der Waals surface area contributed by atoms with Crippen molar-refractivity contribution in [2.45, 2.75) is 6.92 Å². The Morgan fingerprint density at radius 1 is 1.06 bits per heavy atom. The fourth-order valence-corrected chi connectivity index (χ4v) is 1.49. The molecule has 17 heavy (non-hydrogen) atoms. The molecule has 2 nitrogen and oxygen atoms in total. The van der Waals surface area contributed by atoms with Crippen LogP contribution in [0.3, 0.4) is 0 Å². The Hall–Kier alpha value is -2.09. The Bertz CT molecular complexity index is 515. The summed E-state index contributed by atoms with van der Waals surface area (Å²) in [6.45, 7) is 2.07. The van der Waals surface area contributed by atoms with Gasteiger partial charge in [0, 0.05) is 12.3 Å². The first kappa shape index (κ1) is 11.4. The third-order valence-electron chi connectivity index (χ3n) is 2.49. The standard InChI is InChI=1S/C15H15NO/c1-12-6-8-13(9-7-12)11-16-14-4-3-5-15(10-14)17-2/h3-11H,1-2H3/b16-11+. The van der Waals surface area contributed by atoms with Crippen LogP contribution in [-0.2, 0) is 0 Å². The Morgan fingerprint density at radius 2 is 1.82 bits per heavy atom. The summed E-state index contributed by atoms with van der Waals surface area (Å²) < 4.78 is 5.15. The van der Waals surface area contributed by atoms with E-state index in [0.29, 0.717) is 0 Å². The lowest BCUT2D eigenvalue weighted by molar-refractivity contribution is 0.415. The molecule has 0 spiro atoms. The number of aryl methyl sites for hydroxylation is 1. The van der Waals surface area contributed by atoms with Crippen LogP contribution in [0.1, 0.15) is 11.1 Å². The van der Waals surface area contributed by atoms with Gasteiger partial charge in [0.05, 0.1) is 12.8 Å². The highest BCUT2D eigenvalue weighted by molar-refractivity contribution is 5.82. The molecule has 0 bridgehead atoms. The summed E-state index contributed by atoms with van der Waals surface area (Å²) in [5.74, 6) is 0.823. The van der Waals surface area contributed by atoms with Gasteiger partial charge in [0.1, 0.15) is 5.75 Å². The summed E-state index contributed by atoms with van der Waals surface area (Å²) >= 11 is 0. The Kier molecular flexibility index (Phi) is 3.55. The molecule has 0 aliphatic heterocycles. The molecule has 0 unspecified atom stereocenters. The van der Waals surface area contributed by atoms with Crippen LogP contribution in [0.25, 0.3) is 0 Å². The van der Waals surface area contributed by atoms with Gasteiger partial charge in [-0.1, -0.05) is 35.9 Å². The summed E-state index contributed by atoms with van der Waals surface area (Å²) in [7, 11) is 1.66. The van der Waals surface area contributed by atoms with E-state index < -0.39 is 0 Å². The van der Waals surface area contributed by atoms with Gasteiger partial charge >= 0.3 is 0 Å². The van der Waals surface area contributed by atoms with Crippen LogP contribution in [-0.4, -0.2) is 13.3 Å². The highest BCUT2D eigenvalue weighted by Gasteiger charge is 1.92. The summed E-state index contributed by atoms with van der Waals surface area (Å²) in [5.41, 5.74) is 3.24. The lowest BCUT2D eigenvalue weighted by Crippen LogP contribution is -1.82. The molecule has 2 aromatic carbocycles. The number of benzene rings is 2. The predicted octanol–water partition coefficient (Wildman–Crippen LogP) is 3.75. The van der Waals surface area contributed by atoms with E-state index in [-0.39, 0.29) is 0 Å². The average Bonchev–Trinajstić information content (AvgIpc) is 2.38. The Balaban J connectivity index is 2.16. The van der Waals surface area contributed by atoms with Crippen LogP contribution in [0.5, 0.6) is 5.75 Å². The molecule has 0 aromatic heterocycles. The van der Waals surface area contributed by atoms with Gasteiger partial charge in [-0.05, 0) is 24.6 Å². The molecule has 2 rings (SSSR count). The third-order valence-corrected chi connectivity index (χ3v) is 2.49. The number of aliphatic imine (C=N–C) groups is 1. The first-order valence-corrected chi connectivity index (χ1v) is 5.53. The number of hydrogen-bond acceptors (Lipinski definition) is 2. The van der Waals surface area contributed by atoms with Gasteiger partial charge in [-0.3, -0.25) is 4.99 Å². The molecule has 86 valence electrons. The molecule has 0 saturated carbocycles. The van der Waals surface area contributed by atoms with Crippen LogP contribution in [0, 0.1) is 6.92 Å². The first-order chi connectivity index (χ1) is 8.28. The van der Waals surface area contributed by atoms with E-state index in [1.54, 1.807) is 7.11 Å². The maximum Gasteiger partial charge on any atom is 0.121 e. The van der Waals surface area contributed by atoms with Crippen LogP contribution in [0.15, 0.2) is 53.5 Å². The molecule has 0 heterocycles. The molecule has 0 fully saturated rings. The maximum absolute atomic E-state index is 5.15.